The van der Waals surface area contributed by atoms with E-state index in [-0.39, 0.29) is 11.8 Å². The molecule has 2 amide bonds. The van der Waals surface area contributed by atoms with E-state index in [1.807, 2.05) is 23.1 Å². The van der Waals surface area contributed by atoms with Crippen molar-refractivity contribution in [1.82, 2.24) is 19.8 Å². The van der Waals surface area contributed by atoms with Crippen molar-refractivity contribution in [2.75, 3.05) is 13.1 Å². The lowest BCUT2D eigenvalue weighted by atomic mass is 10.0. The molecule has 1 atom stereocenters. The van der Waals surface area contributed by atoms with Crippen LogP contribution in [0.1, 0.15) is 58.2 Å². The zero-order chi connectivity index (χ0) is 19.9. The van der Waals surface area contributed by atoms with E-state index in [0.29, 0.717) is 12.6 Å². The van der Waals surface area contributed by atoms with Crippen LogP contribution in [0, 0.1) is 0 Å². The number of fused-ring (bicyclic) bond motifs is 1. The maximum atomic E-state index is 13.0. The molecule has 152 valence electrons. The summed E-state index contributed by atoms with van der Waals surface area (Å²) in [5, 5.41) is 2.83. The molecule has 2 heterocycles. The molecule has 1 aliphatic rings. The number of likely N-dealkylation sites (tertiary alicyclic amines) is 1. The van der Waals surface area contributed by atoms with Crippen LogP contribution in [0.3, 0.4) is 0 Å². The fourth-order valence-corrected chi connectivity index (χ4v) is 4.04. The van der Waals surface area contributed by atoms with Crippen LogP contribution in [-0.2, 0) is 22.6 Å². The first-order chi connectivity index (χ1) is 13.6. The topological polar surface area (TPSA) is 67.2 Å². The molecule has 0 saturated carbocycles. The average Bonchev–Trinajstić information content (AvgIpc) is 3.02. The fraction of sp³-hybridized carbons (Fsp3) is 0.591. The summed E-state index contributed by atoms with van der Waals surface area (Å²) >= 11 is 0. The lowest BCUT2D eigenvalue weighted by Gasteiger charge is -2.33. The number of nitrogens with one attached hydrogen (secondary N) is 1. The number of hydrogen-bond acceptors (Lipinski definition) is 3. The van der Waals surface area contributed by atoms with Gasteiger partial charge in [-0.2, -0.15) is 0 Å². The minimum absolute atomic E-state index is 0.0206. The number of piperidine rings is 1. The smallest absolute Gasteiger partial charge is 0.242 e. The number of imidazole rings is 1. The second-order valence-corrected chi connectivity index (χ2v) is 7.83. The molecule has 2 aromatic rings. The molecule has 1 saturated heterocycles. The molecule has 28 heavy (non-hydrogen) atoms. The molecular weight excluding hydrogens is 352 g/mol. The van der Waals surface area contributed by atoms with Gasteiger partial charge in [0.2, 0.25) is 11.8 Å². The fourth-order valence-electron chi connectivity index (χ4n) is 4.04. The summed E-state index contributed by atoms with van der Waals surface area (Å²) in [5.74, 6) is 1.20. The number of hydrogen-bond donors (Lipinski definition) is 1. The summed E-state index contributed by atoms with van der Waals surface area (Å²) in [6.07, 6.45) is 7.24. The molecule has 1 aromatic heterocycles. The Hall–Kier alpha value is -2.37. The lowest BCUT2D eigenvalue weighted by molar-refractivity contribution is -0.135. The van der Waals surface area contributed by atoms with Gasteiger partial charge in [0.05, 0.1) is 11.0 Å². The number of nitrogens with zero attached hydrogens (tertiary/aromatic N) is 3. The molecule has 1 unspecified atom stereocenters. The second-order valence-electron chi connectivity index (χ2n) is 7.83. The predicted octanol–water partition coefficient (Wildman–Crippen LogP) is 3.29. The molecule has 1 aromatic carbocycles. The molecule has 0 spiro atoms. The first kappa shape index (κ1) is 20.4. The summed E-state index contributed by atoms with van der Waals surface area (Å²) in [7, 11) is 0. The number of carbonyl (C=O) groups is 2. The van der Waals surface area contributed by atoms with Gasteiger partial charge in [-0.1, -0.05) is 18.6 Å². The summed E-state index contributed by atoms with van der Waals surface area (Å²) in [5.41, 5.74) is 1.99. The molecule has 1 N–H and O–H groups in total. The van der Waals surface area contributed by atoms with Crippen molar-refractivity contribution in [2.45, 2.75) is 71.4 Å². The highest BCUT2D eigenvalue weighted by Gasteiger charge is 2.24. The predicted molar refractivity (Wildman–Crippen MR) is 111 cm³/mol. The zero-order valence-electron chi connectivity index (χ0n) is 17.1. The summed E-state index contributed by atoms with van der Waals surface area (Å²) in [4.78, 5) is 30.8. The SMILES string of the molecule is CC(=O)NCCCCCc1nc2ccccc2n1CC(=O)N1CCCCC1C. The van der Waals surface area contributed by atoms with Crippen LogP contribution in [0.2, 0.25) is 0 Å². The van der Waals surface area contributed by atoms with E-state index in [1.54, 1.807) is 6.92 Å². The van der Waals surface area contributed by atoms with Gasteiger partial charge in [0, 0.05) is 32.5 Å². The van der Waals surface area contributed by atoms with Gasteiger partial charge >= 0.3 is 0 Å². The van der Waals surface area contributed by atoms with Crippen molar-refractivity contribution in [3.63, 3.8) is 0 Å². The quantitative estimate of drug-likeness (QED) is 0.710. The van der Waals surface area contributed by atoms with Gasteiger partial charge in [-0.15, -0.1) is 0 Å². The number of para-hydroxylation sites is 2. The van der Waals surface area contributed by atoms with Crippen LogP contribution in [0.4, 0.5) is 0 Å². The Labute approximate surface area is 167 Å². The van der Waals surface area contributed by atoms with Crippen molar-refractivity contribution < 1.29 is 9.59 Å². The van der Waals surface area contributed by atoms with Gasteiger partial charge in [-0.3, -0.25) is 9.59 Å². The van der Waals surface area contributed by atoms with E-state index >= 15 is 0 Å². The molecular formula is C22H32N4O2. The maximum Gasteiger partial charge on any atom is 0.242 e. The standard InChI is InChI=1S/C22H32N4O2/c1-17-10-7-9-15-25(17)22(28)16-26-20-12-6-5-11-19(20)24-21(26)13-4-3-8-14-23-18(2)27/h5-6,11-12,17H,3-4,7-10,13-16H2,1-2H3,(H,23,27). The van der Waals surface area contributed by atoms with Gasteiger partial charge in [-0.25, -0.2) is 4.98 Å². The largest absolute Gasteiger partial charge is 0.356 e. The Morgan fingerprint density at radius 1 is 1.18 bits per heavy atom. The van der Waals surface area contributed by atoms with Crippen LogP contribution >= 0.6 is 0 Å². The highest BCUT2D eigenvalue weighted by molar-refractivity contribution is 5.81. The summed E-state index contributed by atoms with van der Waals surface area (Å²) in [6, 6.07) is 8.39. The molecule has 1 aliphatic heterocycles. The van der Waals surface area contributed by atoms with Crippen molar-refractivity contribution in [3.8, 4) is 0 Å². The Bertz CT molecular complexity index is 814. The van der Waals surface area contributed by atoms with E-state index in [4.69, 9.17) is 4.98 Å². The number of benzene rings is 1. The maximum absolute atomic E-state index is 13.0. The molecule has 0 radical (unpaired) electrons. The highest BCUT2D eigenvalue weighted by Crippen LogP contribution is 2.21. The van der Waals surface area contributed by atoms with E-state index in [0.717, 1.165) is 68.5 Å². The lowest BCUT2D eigenvalue weighted by Crippen LogP contribution is -2.43. The number of amides is 2. The Kier molecular flexibility index (Phi) is 7.06. The van der Waals surface area contributed by atoms with Gasteiger partial charge < -0.3 is 14.8 Å². The summed E-state index contributed by atoms with van der Waals surface area (Å²) < 4.78 is 2.10. The van der Waals surface area contributed by atoms with Crippen molar-refractivity contribution in [1.29, 1.82) is 0 Å². The normalized spacial score (nSPS) is 17.1. The van der Waals surface area contributed by atoms with Gasteiger partial charge in [0.15, 0.2) is 0 Å². The van der Waals surface area contributed by atoms with Crippen molar-refractivity contribution in [3.05, 3.63) is 30.1 Å². The van der Waals surface area contributed by atoms with Gasteiger partial charge in [0.25, 0.3) is 0 Å². The Morgan fingerprint density at radius 3 is 2.79 bits per heavy atom. The van der Waals surface area contributed by atoms with Gasteiger partial charge in [-0.05, 0) is 51.2 Å². The first-order valence-electron chi connectivity index (χ1n) is 10.5. The number of carbonyl (C=O) groups excluding carboxylic acids is 2. The molecule has 6 heteroatoms. The van der Waals surface area contributed by atoms with E-state index in [9.17, 15) is 9.59 Å². The van der Waals surface area contributed by atoms with Crippen molar-refractivity contribution >= 4 is 22.8 Å². The molecule has 6 nitrogen and oxygen atoms in total. The average molecular weight is 385 g/mol. The highest BCUT2D eigenvalue weighted by atomic mass is 16.2. The Balaban J connectivity index is 1.66. The Morgan fingerprint density at radius 2 is 2.00 bits per heavy atom. The summed E-state index contributed by atoms with van der Waals surface area (Å²) in [6.45, 7) is 5.65. The molecule has 0 aliphatic carbocycles. The molecule has 1 fully saturated rings. The van der Waals surface area contributed by atoms with Crippen LogP contribution in [0.25, 0.3) is 11.0 Å². The number of aryl methyl sites for hydroxylation is 1. The van der Waals surface area contributed by atoms with Crippen LogP contribution in [-0.4, -0.2) is 45.4 Å². The molecule has 0 bridgehead atoms. The third-order valence-electron chi connectivity index (χ3n) is 5.60. The number of unbranched alkanes of at least 4 members (excludes halogenated alkanes) is 2. The minimum Gasteiger partial charge on any atom is -0.356 e. The van der Waals surface area contributed by atoms with Crippen molar-refractivity contribution in [2.24, 2.45) is 0 Å². The zero-order valence-corrected chi connectivity index (χ0v) is 17.1. The third kappa shape index (κ3) is 5.12. The molecule has 3 rings (SSSR count). The van der Waals surface area contributed by atoms with Gasteiger partial charge in [0.1, 0.15) is 12.4 Å². The monoisotopic (exact) mass is 384 g/mol. The van der Waals surface area contributed by atoms with E-state index in [1.165, 1.54) is 6.42 Å². The minimum atomic E-state index is 0.0206. The number of aromatic nitrogens is 2. The third-order valence-corrected chi connectivity index (χ3v) is 5.60. The van der Waals surface area contributed by atoms with Crippen LogP contribution in [0.15, 0.2) is 24.3 Å². The van der Waals surface area contributed by atoms with Crippen LogP contribution < -0.4 is 5.32 Å². The number of rotatable bonds is 8. The second kappa shape index (κ2) is 9.71. The first-order valence-corrected chi connectivity index (χ1v) is 10.5. The van der Waals surface area contributed by atoms with E-state index < -0.39 is 0 Å². The van der Waals surface area contributed by atoms with Crippen LogP contribution in [0.5, 0.6) is 0 Å². The van der Waals surface area contributed by atoms with E-state index in [2.05, 4.69) is 22.9 Å².